The Labute approximate surface area is 115 Å². The number of nitrogens with zero attached hydrogens (tertiary/aromatic N) is 1. The summed E-state index contributed by atoms with van der Waals surface area (Å²) in [7, 11) is 0. The van der Waals surface area contributed by atoms with E-state index in [4.69, 9.17) is 9.84 Å². The van der Waals surface area contributed by atoms with Crippen molar-refractivity contribution < 1.29 is 14.6 Å². The number of aliphatic hydroxyl groups excluding tert-OH is 1. The van der Waals surface area contributed by atoms with E-state index in [1.54, 1.807) is 4.90 Å². The molecule has 5 heteroatoms. The predicted octanol–water partition coefficient (Wildman–Crippen LogP) is 2.71. The standard InChI is InChI=1S/C13H16BrNO3/c1-9-2-3-11(6-12(9)14)15-7-10(4-5-16)8-18-13(15)17/h2-3,6,10,16H,4-5,7-8H2,1H3. The summed E-state index contributed by atoms with van der Waals surface area (Å²) in [5.41, 5.74) is 1.94. The Morgan fingerprint density at radius 2 is 2.33 bits per heavy atom. The first-order valence-electron chi connectivity index (χ1n) is 5.93. The number of rotatable bonds is 3. The van der Waals surface area contributed by atoms with Crippen LogP contribution in [0.4, 0.5) is 10.5 Å². The molecule has 0 saturated carbocycles. The third-order valence-electron chi connectivity index (χ3n) is 3.11. The lowest BCUT2D eigenvalue weighted by Crippen LogP contribution is -2.43. The summed E-state index contributed by atoms with van der Waals surface area (Å²) in [5.74, 6) is 0.188. The average Bonchev–Trinajstić information content (AvgIpc) is 2.35. The highest BCUT2D eigenvalue weighted by Crippen LogP contribution is 2.27. The van der Waals surface area contributed by atoms with Gasteiger partial charge in [-0.2, -0.15) is 0 Å². The average molecular weight is 314 g/mol. The number of ether oxygens (including phenoxy) is 1. The van der Waals surface area contributed by atoms with Crippen LogP contribution < -0.4 is 4.90 Å². The molecule has 2 rings (SSSR count). The minimum Gasteiger partial charge on any atom is -0.449 e. The van der Waals surface area contributed by atoms with Gasteiger partial charge in [0.1, 0.15) is 0 Å². The lowest BCUT2D eigenvalue weighted by Gasteiger charge is -2.32. The highest BCUT2D eigenvalue weighted by Gasteiger charge is 2.28. The molecule has 1 aromatic rings. The summed E-state index contributed by atoms with van der Waals surface area (Å²) in [6.45, 7) is 3.10. The second kappa shape index (κ2) is 5.71. The highest BCUT2D eigenvalue weighted by atomic mass is 79.9. The van der Waals surface area contributed by atoms with Crippen molar-refractivity contribution in [2.75, 3.05) is 24.7 Å². The van der Waals surface area contributed by atoms with Crippen LogP contribution in [0.15, 0.2) is 22.7 Å². The Morgan fingerprint density at radius 3 is 3.00 bits per heavy atom. The summed E-state index contributed by atoms with van der Waals surface area (Å²) >= 11 is 3.46. The molecule has 0 aromatic heterocycles. The van der Waals surface area contributed by atoms with Gasteiger partial charge in [-0.15, -0.1) is 0 Å². The van der Waals surface area contributed by atoms with Crippen LogP contribution >= 0.6 is 15.9 Å². The molecule has 1 heterocycles. The summed E-state index contributed by atoms with van der Waals surface area (Å²) in [5, 5.41) is 8.96. The van der Waals surface area contributed by atoms with E-state index in [9.17, 15) is 4.79 Å². The van der Waals surface area contributed by atoms with Crippen molar-refractivity contribution in [2.24, 2.45) is 5.92 Å². The van der Waals surface area contributed by atoms with Crippen LogP contribution in [-0.4, -0.2) is 31.0 Å². The molecule has 0 bridgehead atoms. The number of benzene rings is 1. The number of halogens is 1. The number of aryl methyl sites for hydroxylation is 1. The molecule has 1 N–H and O–H groups in total. The second-order valence-corrected chi connectivity index (χ2v) is 5.35. The maximum atomic E-state index is 11.8. The van der Waals surface area contributed by atoms with Gasteiger partial charge in [-0.1, -0.05) is 22.0 Å². The molecule has 1 fully saturated rings. The minimum atomic E-state index is -0.319. The van der Waals surface area contributed by atoms with Crippen molar-refractivity contribution in [2.45, 2.75) is 13.3 Å². The fraction of sp³-hybridized carbons (Fsp3) is 0.462. The van der Waals surface area contributed by atoms with E-state index in [1.807, 2.05) is 25.1 Å². The van der Waals surface area contributed by atoms with Crippen molar-refractivity contribution in [3.05, 3.63) is 28.2 Å². The van der Waals surface area contributed by atoms with Crippen LogP contribution in [0.1, 0.15) is 12.0 Å². The molecule has 1 atom stereocenters. The van der Waals surface area contributed by atoms with Gasteiger partial charge in [0, 0.05) is 29.2 Å². The number of amides is 1. The van der Waals surface area contributed by atoms with Gasteiger partial charge in [0.2, 0.25) is 0 Å². The normalized spacial score (nSPS) is 19.8. The molecular weight excluding hydrogens is 298 g/mol. The van der Waals surface area contributed by atoms with Crippen molar-refractivity contribution in [1.29, 1.82) is 0 Å². The molecule has 4 nitrogen and oxygen atoms in total. The smallest absolute Gasteiger partial charge is 0.414 e. The van der Waals surface area contributed by atoms with Crippen molar-refractivity contribution in [3.63, 3.8) is 0 Å². The first-order chi connectivity index (χ1) is 8.61. The monoisotopic (exact) mass is 313 g/mol. The van der Waals surface area contributed by atoms with Gasteiger partial charge in [-0.05, 0) is 31.0 Å². The van der Waals surface area contributed by atoms with Crippen LogP contribution in [-0.2, 0) is 4.74 Å². The van der Waals surface area contributed by atoms with E-state index in [1.165, 1.54) is 0 Å². The Bertz CT molecular complexity index is 450. The Morgan fingerprint density at radius 1 is 1.56 bits per heavy atom. The summed E-state index contributed by atoms with van der Waals surface area (Å²) < 4.78 is 6.11. The maximum absolute atomic E-state index is 11.8. The summed E-state index contributed by atoms with van der Waals surface area (Å²) in [4.78, 5) is 13.4. The fourth-order valence-corrected chi connectivity index (χ4v) is 2.34. The molecule has 0 radical (unpaired) electrons. The van der Waals surface area contributed by atoms with E-state index in [0.29, 0.717) is 19.6 Å². The second-order valence-electron chi connectivity index (χ2n) is 4.50. The number of cyclic esters (lactones) is 1. The number of hydrogen-bond donors (Lipinski definition) is 1. The van der Waals surface area contributed by atoms with Gasteiger partial charge < -0.3 is 9.84 Å². The predicted molar refractivity (Wildman–Crippen MR) is 72.8 cm³/mol. The zero-order valence-electron chi connectivity index (χ0n) is 10.2. The Balaban J connectivity index is 2.18. The van der Waals surface area contributed by atoms with Crippen LogP contribution in [0.2, 0.25) is 0 Å². The molecule has 1 amide bonds. The van der Waals surface area contributed by atoms with Gasteiger partial charge in [-0.25, -0.2) is 4.79 Å². The molecule has 1 unspecified atom stereocenters. The van der Waals surface area contributed by atoms with E-state index in [-0.39, 0.29) is 18.6 Å². The first-order valence-corrected chi connectivity index (χ1v) is 6.72. The molecule has 1 aromatic carbocycles. The largest absolute Gasteiger partial charge is 0.449 e. The van der Waals surface area contributed by atoms with Crippen molar-refractivity contribution >= 4 is 27.7 Å². The molecule has 18 heavy (non-hydrogen) atoms. The molecule has 1 aliphatic heterocycles. The molecule has 0 spiro atoms. The number of carbonyl (C=O) groups is 1. The van der Waals surface area contributed by atoms with E-state index in [2.05, 4.69) is 15.9 Å². The van der Waals surface area contributed by atoms with E-state index in [0.717, 1.165) is 15.7 Å². The number of hydrogen-bond acceptors (Lipinski definition) is 3. The lowest BCUT2D eigenvalue weighted by atomic mass is 10.1. The van der Waals surface area contributed by atoms with Gasteiger partial charge >= 0.3 is 6.09 Å². The zero-order chi connectivity index (χ0) is 13.1. The molecule has 0 aliphatic carbocycles. The van der Waals surface area contributed by atoms with Gasteiger partial charge in [-0.3, -0.25) is 4.90 Å². The SMILES string of the molecule is Cc1ccc(N2CC(CCO)COC2=O)cc1Br. The van der Waals surface area contributed by atoms with Crippen LogP contribution in [0.5, 0.6) is 0 Å². The third kappa shape index (κ3) is 2.84. The van der Waals surface area contributed by atoms with E-state index < -0.39 is 0 Å². The Kier molecular flexibility index (Phi) is 4.24. The lowest BCUT2D eigenvalue weighted by molar-refractivity contribution is 0.104. The van der Waals surface area contributed by atoms with Crippen LogP contribution in [0, 0.1) is 12.8 Å². The summed E-state index contributed by atoms with van der Waals surface area (Å²) in [6, 6.07) is 5.78. The minimum absolute atomic E-state index is 0.119. The molecule has 1 saturated heterocycles. The fourth-order valence-electron chi connectivity index (χ4n) is 1.97. The number of carbonyl (C=O) groups excluding carboxylic acids is 1. The maximum Gasteiger partial charge on any atom is 0.414 e. The van der Waals surface area contributed by atoms with Gasteiger partial charge in [0.15, 0.2) is 0 Å². The zero-order valence-corrected chi connectivity index (χ0v) is 11.8. The van der Waals surface area contributed by atoms with Crippen molar-refractivity contribution in [1.82, 2.24) is 0 Å². The quantitative estimate of drug-likeness (QED) is 0.933. The van der Waals surface area contributed by atoms with Gasteiger partial charge in [0.25, 0.3) is 0 Å². The van der Waals surface area contributed by atoms with Gasteiger partial charge in [0.05, 0.1) is 6.61 Å². The number of aliphatic hydroxyl groups is 1. The van der Waals surface area contributed by atoms with Crippen molar-refractivity contribution in [3.8, 4) is 0 Å². The van der Waals surface area contributed by atoms with Crippen LogP contribution in [0.3, 0.4) is 0 Å². The number of anilines is 1. The topological polar surface area (TPSA) is 49.8 Å². The highest BCUT2D eigenvalue weighted by molar-refractivity contribution is 9.10. The summed E-state index contributed by atoms with van der Waals surface area (Å²) in [6.07, 6.45) is 0.330. The molecule has 1 aliphatic rings. The third-order valence-corrected chi connectivity index (χ3v) is 3.96. The molecule has 98 valence electrons. The Hall–Kier alpha value is -1.07. The van der Waals surface area contributed by atoms with Crippen LogP contribution in [0.25, 0.3) is 0 Å². The first kappa shape index (κ1) is 13.4. The molecular formula is C13H16BrNO3. The van der Waals surface area contributed by atoms with E-state index >= 15 is 0 Å².